The molecule has 0 radical (unpaired) electrons. The minimum atomic E-state index is -3.37. The monoisotopic (exact) mass is 204 g/mol. The summed E-state index contributed by atoms with van der Waals surface area (Å²) in [6.07, 6.45) is 0. The number of rotatable bonds is 2. The predicted octanol–water partition coefficient (Wildman–Crippen LogP) is 3.18. The van der Waals surface area contributed by atoms with Crippen LogP contribution in [0.1, 0.15) is 17.3 Å². The summed E-state index contributed by atoms with van der Waals surface area (Å²) in [4.78, 5) is 11.1. The highest BCUT2D eigenvalue weighted by atomic mass is 35.5. The fourth-order valence-corrected chi connectivity index (χ4v) is 1.10. The third-order valence-electron chi connectivity index (χ3n) is 1.52. The van der Waals surface area contributed by atoms with E-state index in [0.29, 0.717) is 6.92 Å². The van der Waals surface area contributed by atoms with Gasteiger partial charge in [-0.1, -0.05) is 23.7 Å². The Hall–Kier alpha value is -0.960. The molecule has 0 amide bonds. The number of alkyl halides is 2. The van der Waals surface area contributed by atoms with Gasteiger partial charge in [-0.25, -0.2) is 0 Å². The Morgan fingerprint density at radius 2 is 1.92 bits per heavy atom. The summed E-state index contributed by atoms with van der Waals surface area (Å²) in [6, 6.07) is 5.75. The second-order valence-electron chi connectivity index (χ2n) is 2.70. The lowest BCUT2D eigenvalue weighted by atomic mass is 10.1. The van der Waals surface area contributed by atoms with Crippen molar-refractivity contribution in [3.05, 3.63) is 34.9 Å². The molecule has 0 saturated carbocycles. The van der Waals surface area contributed by atoms with Crippen LogP contribution in [-0.4, -0.2) is 11.7 Å². The molecular weight excluding hydrogens is 198 g/mol. The fraction of sp³-hybridized carbons (Fsp3) is 0.222. The van der Waals surface area contributed by atoms with Crippen LogP contribution in [0.5, 0.6) is 0 Å². The number of hydrogen-bond acceptors (Lipinski definition) is 1. The van der Waals surface area contributed by atoms with Crippen molar-refractivity contribution in [3.63, 3.8) is 0 Å². The van der Waals surface area contributed by atoms with Crippen LogP contribution in [0.3, 0.4) is 0 Å². The molecule has 70 valence electrons. The highest BCUT2D eigenvalue weighted by Crippen LogP contribution is 2.24. The van der Waals surface area contributed by atoms with Crippen LogP contribution in [0, 0.1) is 0 Å². The zero-order chi connectivity index (χ0) is 10.1. The molecule has 0 heterocycles. The van der Waals surface area contributed by atoms with Crippen molar-refractivity contribution in [2.24, 2.45) is 0 Å². The van der Waals surface area contributed by atoms with Gasteiger partial charge in [0.05, 0.1) is 5.02 Å². The fourth-order valence-electron chi connectivity index (χ4n) is 0.882. The molecule has 1 aromatic rings. The Kier molecular flexibility index (Phi) is 2.66. The first-order valence-corrected chi connectivity index (χ1v) is 3.98. The molecule has 0 saturated heterocycles. The molecule has 1 rings (SSSR count). The van der Waals surface area contributed by atoms with Crippen molar-refractivity contribution in [2.45, 2.75) is 12.8 Å². The zero-order valence-corrected chi connectivity index (χ0v) is 7.61. The average Bonchev–Trinajstić information content (AvgIpc) is 2.02. The Morgan fingerprint density at radius 1 is 1.38 bits per heavy atom. The summed E-state index contributed by atoms with van der Waals surface area (Å²) >= 11 is 5.57. The van der Waals surface area contributed by atoms with E-state index in [4.69, 9.17) is 11.6 Å². The molecule has 4 heteroatoms. The molecule has 0 bridgehead atoms. The molecule has 0 aliphatic heterocycles. The lowest BCUT2D eigenvalue weighted by Crippen LogP contribution is -2.24. The maximum absolute atomic E-state index is 12.6. The quantitative estimate of drug-likeness (QED) is 0.677. The Morgan fingerprint density at radius 3 is 2.38 bits per heavy atom. The molecule has 1 nitrogen and oxygen atoms in total. The molecule has 0 fully saturated rings. The normalized spacial score (nSPS) is 11.4. The second-order valence-corrected chi connectivity index (χ2v) is 3.10. The summed E-state index contributed by atoms with van der Waals surface area (Å²) in [7, 11) is 0. The van der Waals surface area contributed by atoms with E-state index in [0.717, 1.165) is 0 Å². The van der Waals surface area contributed by atoms with Crippen molar-refractivity contribution >= 4 is 17.4 Å². The molecule has 0 N–H and O–H groups in total. The van der Waals surface area contributed by atoms with Crippen LogP contribution >= 0.6 is 11.6 Å². The van der Waals surface area contributed by atoms with Crippen LogP contribution in [0.4, 0.5) is 8.78 Å². The van der Waals surface area contributed by atoms with Gasteiger partial charge >= 0.3 is 5.92 Å². The summed E-state index contributed by atoms with van der Waals surface area (Å²) in [5.74, 6) is -4.62. The van der Waals surface area contributed by atoms with Gasteiger partial charge in [-0.3, -0.25) is 4.79 Å². The Labute approximate surface area is 79.3 Å². The van der Waals surface area contributed by atoms with Gasteiger partial charge in [0.1, 0.15) is 0 Å². The second kappa shape index (κ2) is 3.42. The smallest absolute Gasteiger partial charge is 0.287 e. The van der Waals surface area contributed by atoms with Gasteiger partial charge in [-0.2, -0.15) is 8.78 Å². The third kappa shape index (κ3) is 2.25. The number of hydrogen-bond donors (Lipinski definition) is 0. The average molecular weight is 205 g/mol. The van der Waals surface area contributed by atoms with Crippen molar-refractivity contribution in [1.82, 2.24) is 0 Å². The molecule has 0 aliphatic carbocycles. The molecular formula is C9H7ClF2O. The lowest BCUT2D eigenvalue weighted by Gasteiger charge is -2.09. The molecule has 0 aromatic heterocycles. The van der Waals surface area contributed by atoms with E-state index in [2.05, 4.69) is 0 Å². The lowest BCUT2D eigenvalue weighted by molar-refractivity contribution is 0.0222. The molecule has 0 aliphatic rings. The number of Topliss-reactive ketones (excluding diaryl/α,β-unsaturated/α-hetero) is 1. The largest absolute Gasteiger partial charge is 0.307 e. The SMILES string of the molecule is CC(F)(F)C(=O)c1ccccc1Cl. The van der Waals surface area contributed by atoms with Crippen LogP contribution in [0.25, 0.3) is 0 Å². The van der Waals surface area contributed by atoms with E-state index in [1.165, 1.54) is 18.2 Å². The van der Waals surface area contributed by atoms with Crippen LogP contribution < -0.4 is 0 Å². The third-order valence-corrected chi connectivity index (χ3v) is 1.85. The van der Waals surface area contributed by atoms with E-state index in [1.54, 1.807) is 6.07 Å². The zero-order valence-electron chi connectivity index (χ0n) is 6.85. The van der Waals surface area contributed by atoms with Crippen LogP contribution in [-0.2, 0) is 0 Å². The van der Waals surface area contributed by atoms with Crippen molar-refractivity contribution in [2.75, 3.05) is 0 Å². The molecule has 1 aromatic carbocycles. The first-order valence-electron chi connectivity index (χ1n) is 3.60. The summed E-state index contributed by atoms with van der Waals surface area (Å²) in [6.45, 7) is 0.554. The molecule has 0 atom stereocenters. The van der Waals surface area contributed by atoms with Gasteiger partial charge in [0, 0.05) is 12.5 Å². The van der Waals surface area contributed by atoms with Crippen molar-refractivity contribution in [1.29, 1.82) is 0 Å². The Bertz CT molecular complexity index is 331. The minimum Gasteiger partial charge on any atom is -0.287 e. The van der Waals surface area contributed by atoms with Crippen LogP contribution in [0.2, 0.25) is 5.02 Å². The summed E-state index contributed by atoms with van der Waals surface area (Å²) < 4.78 is 25.1. The standard InChI is InChI=1S/C9H7ClF2O/c1-9(11,12)8(13)6-4-2-3-5-7(6)10/h2-5H,1H3. The topological polar surface area (TPSA) is 17.1 Å². The maximum Gasteiger partial charge on any atom is 0.307 e. The highest BCUT2D eigenvalue weighted by molar-refractivity contribution is 6.34. The van der Waals surface area contributed by atoms with Gasteiger partial charge in [0.2, 0.25) is 5.78 Å². The minimum absolute atomic E-state index is 0.0500. The van der Waals surface area contributed by atoms with E-state index < -0.39 is 11.7 Å². The van der Waals surface area contributed by atoms with E-state index >= 15 is 0 Å². The van der Waals surface area contributed by atoms with Gasteiger partial charge in [-0.15, -0.1) is 0 Å². The number of carbonyl (C=O) groups excluding carboxylic acids is 1. The highest BCUT2D eigenvalue weighted by Gasteiger charge is 2.34. The maximum atomic E-state index is 12.6. The van der Waals surface area contributed by atoms with E-state index in [9.17, 15) is 13.6 Å². The van der Waals surface area contributed by atoms with E-state index in [1.807, 2.05) is 0 Å². The van der Waals surface area contributed by atoms with Crippen LogP contribution in [0.15, 0.2) is 24.3 Å². The van der Waals surface area contributed by atoms with Gasteiger partial charge < -0.3 is 0 Å². The number of ketones is 1. The number of carbonyl (C=O) groups is 1. The Balaban J connectivity index is 3.10. The predicted molar refractivity (Wildman–Crippen MR) is 46.4 cm³/mol. The van der Waals surface area contributed by atoms with Crippen molar-refractivity contribution in [3.8, 4) is 0 Å². The van der Waals surface area contributed by atoms with Crippen molar-refractivity contribution < 1.29 is 13.6 Å². The van der Waals surface area contributed by atoms with Gasteiger partial charge in [0.15, 0.2) is 0 Å². The number of benzene rings is 1. The first-order chi connectivity index (χ1) is 5.93. The summed E-state index contributed by atoms with van der Waals surface area (Å²) in [5.41, 5.74) is -0.142. The van der Waals surface area contributed by atoms with Gasteiger partial charge in [-0.05, 0) is 12.1 Å². The molecule has 13 heavy (non-hydrogen) atoms. The van der Waals surface area contributed by atoms with Gasteiger partial charge in [0.25, 0.3) is 0 Å². The number of halogens is 3. The summed E-state index contributed by atoms with van der Waals surface area (Å²) in [5, 5.41) is 0.0500. The first kappa shape index (κ1) is 10.1. The molecule has 0 spiro atoms. The molecule has 0 unspecified atom stereocenters. The van der Waals surface area contributed by atoms with E-state index in [-0.39, 0.29) is 10.6 Å².